The number of aromatic nitrogens is 2. The van der Waals surface area contributed by atoms with E-state index in [-0.39, 0.29) is 41.8 Å². The second-order valence-electron chi connectivity index (χ2n) is 7.28. The molecule has 0 aliphatic carbocycles. The van der Waals surface area contributed by atoms with Crippen LogP contribution in [-0.2, 0) is 28.3 Å². The van der Waals surface area contributed by atoms with Crippen LogP contribution in [0.15, 0.2) is 35.1 Å². The van der Waals surface area contributed by atoms with Gasteiger partial charge in [0.25, 0.3) is 5.56 Å². The van der Waals surface area contributed by atoms with E-state index in [4.69, 9.17) is 4.74 Å². The van der Waals surface area contributed by atoms with Crippen LogP contribution in [0.2, 0.25) is 0 Å². The number of esters is 1. The smallest absolute Gasteiger partial charge is 0.343 e. The number of benzene rings is 1. The first-order valence-corrected chi connectivity index (χ1v) is 9.18. The molecule has 0 fully saturated rings. The highest BCUT2D eigenvalue weighted by molar-refractivity contribution is 6.03. The molecule has 4 heterocycles. The van der Waals surface area contributed by atoms with Crippen molar-refractivity contribution in [1.29, 1.82) is 0 Å². The van der Waals surface area contributed by atoms with Gasteiger partial charge in [0.1, 0.15) is 6.61 Å². The molecule has 29 heavy (non-hydrogen) atoms. The predicted octanol–water partition coefficient (Wildman–Crippen LogP) is 1.78. The number of carboxylic acid groups (broad SMARTS) is 1. The summed E-state index contributed by atoms with van der Waals surface area (Å²) in [6.07, 6.45) is 0.0711. The molecular formula is C21H16N2O6. The minimum Gasteiger partial charge on any atom is -0.478 e. The van der Waals surface area contributed by atoms with E-state index in [0.717, 1.165) is 0 Å². The molecule has 1 aromatic carbocycles. The largest absolute Gasteiger partial charge is 0.478 e. The normalized spacial score (nSPS) is 19.4. The maximum Gasteiger partial charge on any atom is 0.343 e. The molecule has 0 amide bonds. The molecule has 8 nitrogen and oxygen atoms in total. The molecule has 5 rings (SSSR count). The Morgan fingerprint density at radius 2 is 2.10 bits per heavy atom. The summed E-state index contributed by atoms with van der Waals surface area (Å²) in [5, 5.41) is 20.8. The van der Waals surface area contributed by atoms with E-state index in [1.54, 1.807) is 31.2 Å². The van der Waals surface area contributed by atoms with Gasteiger partial charge in [0, 0.05) is 16.5 Å². The number of nitrogens with zero attached hydrogens (tertiary/aromatic N) is 2. The Hall–Kier alpha value is -3.52. The maximum absolute atomic E-state index is 13.1. The molecule has 2 aliphatic rings. The van der Waals surface area contributed by atoms with Crippen LogP contribution in [0.3, 0.4) is 0 Å². The second kappa shape index (κ2) is 5.74. The van der Waals surface area contributed by atoms with Crippen molar-refractivity contribution < 1.29 is 24.5 Å². The molecule has 0 saturated carbocycles. The van der Waals surface area contributed by atoms with Crippen molar-refractivity contribution in [3.8, 4) is 11.4 Å². The van der Waals surface area contributed by atoms with E-state index < -0.39 is 17.5 Å². The molecule has 3 aromatic rings. The number of carboxylic acids is 1. The maximum atomic E-state index is 13.1. The topological polar surface area (TPSA) is 119 Å². The summed E-state index contributed by atoms with van der Waals surface area (Å²) in [6.45, 7) is 1.69. The van der Waals surface area contributed by atoms with Crippen LogP contribution in [0.1, 0.15) is 40.4 Å². The number of carbonyl (C=O) groups excluding carboxylic acids is 1. The van der Waals surface area contributed by atoms with Gasteiger partial charge in [-0.25, -0.2) is 14.6 Å². The molecule has 2 N–H and O–H groups in total. The van der Waals surface area contributed by atoms with Gasteiger partial charge in [-0.15, -0.1) is 0 Å². The zero-order valence-corrected chi connectivity index (χ0v) is 15.4. The van der Waals surface area contributed by atoms with Gasteiger partial charge in [-0.3, -0.25) is 4.79 Å². The van der Waals surface area contributed by atoms with E-state index in [9.17, 15) is 24.6 Å². The molecule has 0 spiro atoms. The number of cyclic esters (lactones) is 1. The van der Waals surface area contributed by atoms with Crippen molar-refractivity contribution in [2.45, 2.75) is 32.1 Å². The standard InChI is InChI=1S/C21H16N2O6/c1-2-21(28)14-7-16-17-10(8-23(16)18(24)13(14)9-29-20(21)27)6-12-11(19(25)26)4-3-5-15(12)22-17/h3-7,28H,2,8-9H2,1H3,(H,25,26)/t21-/m0/s1. The molecule has 8 heteroatoms. The lowest BCUT2D eigenvalue weighted by atomic mass is 9.86. The van der Waals surface area contributed by atoms with Crippen LogP contribution < -0.4 is 5.56 Å². The van der Waals surface area contributed by atoms with Gasteiger partial charge in [-0.05, 0) is 30.7 Å². The average molecular weight is 392 g/mol. The fraction of sp³-hybridized carbons (Fsp3) is 0.238. The highest BCUT2D eigenvalue weighted by Crippen LogP contribution is 2.38. The summed E-state index contributed by atoms with van der Waals surface area (Å²) in [4.78, 5) is 41.4. The third-order valence-electron chi connectivity index (χ3n) is 5.78. The Morgan fingerprint density at radius 1 is 1.31 bits per heavy atom. The van der Waals surface area contributed by atoms with Gasteiger partial charge < -0.3 is 19.5 Å². The number of aromatic carboxylic acids is 1. The minimum absolute atomic E-state index is 0.0711. The van der Waals surface area contributed by atoms with Gasteiger partial charge in [-0.2, -0.15) is 0 Å². The lowest BCUT2D eigenvalue weighted by molar-refractivity contribution is -0.172. The van der Waals surface area contributed by atoms with Crippen LogP contribution >= 0.6 is 0 Å². The molecule has 2 aliphatic heterocycles. The Balaban J connectivity index is 1.79. The van der Waals surface area contributed by atoms with Crippen molar-refractivity contribution in [3.05, 3.63) is 62.9 Å². The van der Waals surface area contributed by atoms with Crippen LogP contribution in [0.5, 0.6) is 0 Å². The minimum atomic E-state index is -1.88. The van der Waals surface area contributed by atoms with E-state index in [2.05, 4.69) is 4.98 Å². The van der Waals surface area contributed by atoms with Gasteiger partial charge in [-0.1, -0.05) is 13.0 Å². The zero-order valence-electron chi connectivity index (χ0n) is 15.4. The fourth-order valence-electron chi connectivity index (χ4n) is 4.19. The number of fused-ring (bicyclic) bond motifs is 5. The Bertz CT molecular complexity index is 1310. The van der Waals surface area contributed by atoms with Crippen molar-refractivity contribution in [2.75, 3.05) is 0 Å². The zero-order chi connectivity index (χ0) is 20.5. The third kappa shape index (κ3) is 2.23. The highest BCUT2D eigenvalue weighted by Gasteiger charge is 2.45. The average Bonchev–Trinajstić information content (AvgIpc) is 3.07. The van der Waals surface area contributed by atoms with Crippen molar-refractivity contribution in [1.82, 2.24) is 9.55 Å². The quantitative estimate of drug-likeness (QED) is 0.499. The highest BCUT2D eigenvalue weighted by atomic mass is 16.6. The number of hydrogen-bond acceptors (Lipinski definition) is 6. The molecule has 0 bridgehead atoms. The molecule has 146 valence electrons. The summed E-state index contributed by atoms with van der Waals surface area (Å²) < 4.78 is 6.57. The van der Waals surface area contributed by atoms with E-state index >= 15 is 0 Å². The lowest BCUT2D eigenvalue weighted by Crippen LogP contribution is -2.44. The first-order chi connectivity index (χ1) is 13.8. The molecule has 0 unspecified atom stereocenters. The third-order valence-corrected chi connectivity index (χ3v) is 5.78. The first-order valence-electron chi connectivity index (χ1n) is 9.18. The Kier molecular flexibility index (Phi) is 3.48. The Labute approximate surface area is 164 Å². The molecular weight excluding hydrogens is 376 g/mol. The molecule has 0 radical (unpaired) electrons. The number of aliphatic hydroxyl groups is 1. The van der Waals surface area contributed by atoms with Crippen molar-refractivity contribution in [2.24, 2.45) is 0 Å². The summed E-state index contributed by atoms with van der Waals surface area (Å²) in [7, 11) is 0. The summed E-state index contributed by atoms with van der Waals surface area (Å²) in [5.74, 6) is -1.82. The van der Waals surface area contributed by atoms with Gasteiger partial charge in [0.05, 0.1) is 34.6 Å². The fourth-order valence-corrected chi connectivity index (χ4v) is 4.19. The number of hydrogen-bond donors (Lipinski definition) is 2. The summed E-state index contributed by atoms with van der Waals surface area (Å²) >= 11 is 0. The van der Waals surface area contributed by atoms with Crippen molar-refractivity contribution in [3.63, 3.8) is 0 Å². The lowest BCUT2D eigenvalue weighted by Gasteiger charge is -2.31. The number of ether oxygens (including phenoxy) is 1. The van der Waals surface area contributed by atoms with Crippen LogP contribution in [0, 0.1) is 0 Å². The first kappa shape index (κ1) is 17.6. The van der Waals surface area contributed by atoms with Crippen LogP contribution in [0.4, 0.5) is 0 Å². The summed E-state index contributed by atoms with van der Waals surface area (Å²) in [5.41, 5.74) is 0.647. The van der Waals surface area contributed by atoms with E-state index in [0.29, 0.717) is 27.9 Å². The van der Waals surface area contributed by atoms with Gasteiger partial charge in [0.2, 0.25) is 0 Å². The number of pyridine rings is 2. The van der Waals surface area contributed by atoms with Gasteiger partial charge in [0.15, 0.2) is 5.60 Å². The second-order valence-corrected chi connectivity index (χ2v) is 7.28. The van der Waals surface area contributed by atoms with Crippen LogP contribution in [0.25, 0.3) is 22.3 Å². The SMILES string of the molecule is CC[C@@]1(O)C(=O)OCc2c1cc1n(c2=O)Cc2cc3c(C(=O)O)cccc3nc2-1. The molecule has 2 aromatic heterocycles. The number of rotatable bonds is 2. The predicted molar refractivity (Wildman–Crippen MR) is 101 cm³/mol. The number of carbonyl (C=O) groups is 2. The van der Waals surface area contributed by atoms with E-state index in [1.807, 2.05) is 0 Å². The van der Waals surface area contributed by atoms with Crippen LogP contribution in [-0.4, -0.2) is 31.7 Å². The Morgan fingerprint density at radius 3 is 2.83 bits per heavy atom. The van der Waals surface area contributed by atoms with Crippen molar-refractivity contribution >= 4 is 22.8 Å². The van der Waals surface area contributed by atoms with E-state index in [1.165, 1.54) is 10.6 Å². The van der Waals surface area contributed by atoms with Gasteiger partial charge >= 0.3 is 11.9 Å². The molecule has 0 saturated heterocycles. The monoisotopic (exact) mass is 392 g/mol. The summed E-state index contributed by atoms with van der Waals surface area (Å²) in [6, 6.07) is 8.20. The molecule has 1 atom stereocenters.